The minimum Gasteiger partial charge on any atom is -0.451 e. The molecule has 0 bridgehead atoms. The molecule has 1 aromatic carbocycles. The number of hydrogen-bond acceptors (Lipinski definition) is 3. The SMILES string of the molecule is Cn1ncc2[nH]c(=O)c(Oc3ccccc3)cc21. The van der Waals surface area contributed by atoms with Gasteiger partial charge in [0.25, 0.3) is 5.56 Å². The van der Waals surface area contributed by atoms with Crippen LogP contribution in [0.1, 0.15) is 0 Å². The predicted octanol–water partition coefficient (Wildman–Crippen LogP) is 2.05. The molecule has 90 valence electrons. The van der Waals surface area contributed by atoms with Crippen LogP contribution in [0.25, 0.3) is 11.0 Å². The van der Waals surface area contributed by atoms with E-state index < -0.39 is 0 Å². The summed E-state index contributed by atoms with van der Waals surface area (Å²) in [5.74, 6) is 0.891. The molecule has 1 N–H and O–H groups in total. The number of aromatic nitrogens is 3. The van der Waals surface area contributed by atoms with Crippen LogP contribution >= 0.6 is 0 Å². The van der Waals surface area contributed by atoms with Crippen molar-refractivity contribution in [1.29, 1.82) is 0 Å². The maximum atomic E-state index is 11.8. The van der Waals surface area contributed by atoms with Crippen molar-refractivity contribution >= 4 is 11.0 Å². The van der Waals surface area contributed by atoms with Gasteiger partial charge >= 0.3 is 0 Å². The summed E-state index contributed by atoms with van der Waals surface area (Å²) in [7, 11) is 1.81. The summed E-state index contributed by atoms with van der Waals surface area (Å²) in [6.45, 7) is 0. The second-order valence-corrected chi connectivity index (χ2v) is 3.94. The first-order chi connectivity index (χ1) is 8.74. The second-order valence-electron chi connectivity index (χ2n) is 3.94. The number of rotatable bonds is 2. The quantitative estimate of drug-likeness (QED) is 0.747. The number of ether oxygens (including phenoxy) is 1. The topological polar surface area (TPSA) is 59.9 Å². The lowest BCUT2D eigenvalue weighted by molar-refractivity contribution is 0.476. The third-order valence-corrected chi connectivity index (χ3v) is 2.70. The van der Waals surface area contributed by atoms with E-state index in [1.807, 2.05) is 25.2 Å². The molecule has 0 saturated carbocycles. The number of benzene rings is 1. The molecule has 3 rings (SSSR count). The van der Waals surface area contributed by atoms with Crippen LogP contribution in [-0.4, -0.2) is 14.8 Å². The fraction of sp³-hybridized carbons (Fsp3) is 0.0769. The first-order valence-electron chi connectivity index (χ1n) is 5.52. The van der Waals surface area contributed by atoms with Gasteiger partial charge in [-0.2, -0.15) is 5.10 Å². The van der Waals surface area contributed by atoms with Gasteiger partial charge in [-0.1, -0.05) is 18.2 Å². The van der Waals surface area contributed by atoms with Crippen molar-refractivity contribution in [3.63, 3.8) is 0 Å². The average Bonchev–Trinajstić information content (AvgIpc) is 2.73. The Hall–Kier alpha value is -2.56. The summed E-state index contributed by atoms with van der Waals surface area (Å²) in [5, 5.41) is 4.08. The molecule has 0 aliphatic carbocycles. The van der Waals surface area contributed by atoms with Crippen molar-refractivity contribution in [3.05, 3.63) is 52.9 Å². The van der Waals surface area contributed by atoms with Crippen LogP contribution in [0.15, 0.2) is 47.4 Å². The van der Waals surface area contributed by atoms with Gasteiger partial charge in [0.05, 0.1) is 17.2 Å². The molecule has 2 aromatic heterocycles. The van der Waals surface area contributed by atoms with Crippen molar-refractivity contribution < 1.29 is 4.74 Å². The van der Waals surface area contributed by atoms with Crippen LogP contribution in [0.4, 0.5) is 0 Å². The van der Waals surface area contributed by atoms with Gasteiger partial charge in [0.15, 0.2) is 5.75 Å². The van der Waals surface area contributed by atoms with E-state index in [1.54, 1.807) is 29.1 Å². The summed E-state index contributed by atoms with van der Waals surface area (Å²) in [6.07, 6.45) is 1.61. The van der Waals surface area contributed by atoms with Gasteiger partial charge in [-0.15, -0.1) is 0 Å². The number of nitrogens with zero attached hydrogens (tertiary/aromatic N) is 2. The van der Waals surface area contributed by atoms with Crippen molar-refractivity contribution in [2.45, 2.75) is 0 Å². The predicted molar refractivity (Wildman–Crippen MR) is 67.9 cm³/mol. The zero-order chi connectivity index (χ0) is 12.5. The van der Waals surface area contributed by atoms with Crippen molar-refractivity contribution in [2.24, 2.45) is 7.05 Å². The third-order valence-electron chi connectivity index (χ3n) is 2.70. The number of hydrogen-bond donors (Lipinski definition) is 1. The van der Waals surface area contributed by atoms with Gasteiger partial charge in [-0.05, 0) is 12.1 Å². The number of pyridine rings is 1. The summed E-state index contributed by atoms with van der Waals surface area (Å²) in [5.41, 5.74) is 1.25. The Balaban J connectivity index is 2.09. The van der Waals surface area contributed by atoms with Crippen molar-refractivity contribution in [2.75, 3.05) is 0 Å². The normalized spacial score (nSPS) is 10.7. The van der Waals surface area contributed by atoms with Crippen LogP contribution in [0.2, 0.25) is 0 Å². The fourth-order valence-corrected chi connectivity index (χ4v) is 1.78. The highest BCUT2D eigenvalue weighted by molar-refractivity contribution is 5.75. The Kier molecular flexibility index (Phi) is 2.37. The molecule has 0 spiro atoms. The van der Waals surface area contributed by atoms with E-state index in [2.05, 4.69) is 10.1 Å². The summed E-state index contributed by atoms with van der Waals surface area (Å²) < 4.78 is 7.24. The number of para-hydroxylation sites is 1. The molecule has 0 atom stereocenters. The number of aromatic amines is 1. The molecule has 0 aliphatic rings. The van der Waals surface area contributed by atoms with E-state index in [9.17, 15) is 4.79 Å². The fourth-order valence-electron chi connectivity index (χ4n) is 1.78. The molecule has 5 nitrogen and oxygen atoms in total. The molecular weight excluding hydrogens is 230 g/mol. The zero-order valence-corrected chi connectivity index (χ0v) is 9.75. The van der Waals surface area contributed by atoms with E-state index in [1.165, 1.54) is 0 Å². The Bertz CT molecular complexity index is 744. The van der Waals surface area contributed by atoms with Crippen LogP contribution in [-0.2, 0) is 7.05 Å². The number of fused-ring (bicyclic) bond motifs is 1. The lowest BCUT2D eigenvalue weighted by Crippen LogP contribution is -2.08. The van der Waals surface area contributed by atoms with Gasteiger partial charge < -0.3 is 9.72 Å². The number of aryl methyl sites for hydroxylation is 1. The highest BCUT2D eigenvalue weighted by atomic mass is 16.5. The van der Waals surface area contributed by atoms with E-state index in [4.69, 9.17) is 4.74 Å². The Morgan fingerprint density at radius 2 is 2.06 bits per heavy atom. The summed E-state index contributed by atoms with van der Waals surface area (Å²) in [4.78, 5) is 14.6. The van der Waals surface area contributed by atoms with Gasteiger partial charge in [0.2, 0.25) is 0 Å². The summed E-state index contributed by atoms with van der Waals surface area (Å²) in [6, 6.07) is 10.9. The Morgan fingerprint density at radius 3 is 2.83 bits per heavy atom. The zero-order valence-electron chi connectivity index (χ0n) is 9.75. The maximum absolute atomic E-state index is 11.8. The molecule has 0 unspecified atom stereocenters. The molecule has 0 saturated heterocycles. The Morgan fingerprint density at radius 1 is 1.28 bits per heavy atom. The van der Waals surface area contributed by atoms with Crippen LogP contribution in [0.3, 0.4) is 0 Å². The molecule has 0 aliphatic heterocycles. The van der Waals surface area contributed by atoms with Crippen LogP contribution in [0.5, 0.6) is 11.5 Å². The number of nitrogens with one attached hydrogen (secondary N) is 1. The van der Waals surface area contributed by atoms with Crippen LogP contribution in [0, 0.1) is 0 Å². The standard InChI is InChI=1S/C13H11N3O2/c1-16-11-7-12(13(17)15-10(11)8-14-16)18-9-5-3-2-4-6-9/h2-8H,1H3,(H,15,17). The number of H-pyrrole nitrogens is 1. The lowest BCUT2D eigenvalue weighted by atomic mass is 10.3. The molecule has 0 radical (unpaired) electrons. The van der Waals surface area contributed by atoms with E-state index in [0.717, 1.165) is 5.52 Å². The third kappa shape index (κ3) is 1.75. The van der Waals surface area contributed by atoms with E-state index in [-0.39, 0.29) is 11.3 Å². The smallest absolute Gasteiger partial charge is 0.291 e. The molecule has 2 heterocycles. The minimum atomic E-state index is -0.264. The average molecular weight is 241 g/mol. The monoisotopic (exact) mass is 241 g/mol. The molecule has 18 heavy (non-hydrogen) atoms. The van der Waals surface area contributed by atoms with Gasteiger partial charge in [0.1, 0.15) is 5.75 Å². The molecule has 3 aromatic rings. The molecular formula is C13H11N3O2. The summed E-state index contributed by atoms with van der Waals surface area (Å²) >= 11 is 0. The van der Waals surface area contributed by atoms with Crippen LogP contribution < -0.4 is 10.3 Å². The first kappa shape index (κ1) is 10.6. The highest BCUT2D eigenvalue weighted by Crippen LogP contribution is 2.20. The molecule has 0 amide bonds. The largest absolute Gasteiger partial charge is 0.451 e. The Labute approximate surface area is 103 Å². The van der Waals surface area contributed by atoms with E-state index in [0.29, 0.717) is 11.3 Å². The second kappa shape index (κ2) is 4.03. The first-order valence-corrected chi connectivity index (χ1v) is 5.52. The van der Waals surface area contributed by atoms with Gasteiger partial charge in [0, 0.05) is 13.1 Å². The highest BCUT2D eigenvalue weighted by Gasteiger charge is 2.07. The molecule has 5 heteroatoms. The maximum Gasteiger partial charge on any atom is 0.291 e. The van der Waals surface area contributed by atoms with Gasteiger partial charge in [-0.25, -0.2) is 0 Å². The minimum absolute atomic E-state index is 0.261. The van der Waals surface area contributed by atoms with Gasteiger partial charge in [-0.3, -0.25) is 9.48 Å². The van der Waals surface area contributed by atoms with Crippen molar-refractivity contribution in [1.82, 2.24) is 14.8 Å². The molecule has 0 fully saturated rings. The van der Waals surface area contributed by atoms with E-state index >= 15 is 0 Å². The lowest BCUT2D eigenvalue weighted by Gasteiger charge is -2.04. The van der Waals surface area contributed by atoms with Crippen molar-refractivity contribution in [3.8, 4) is 11.5 Å².